The highest BCUT2D eigenvalue weighted by atomic mass is 32.2. The van der Waals surface area contributed by atoms with Crippen molar-refractivity contribution in [3.63, 3.8) is 0 Å². The van der Waals surface area contributed by atoms with Gasteiger partial charge in [0.05, 0.1) is 11.1 Å². The summed E-state index contributed by atoms with van der Waals surface area (Å²) in [4.78, 5) is -0.560. The molecule has 4 nitrogen and oxygen atoms in total. The zero-order valence-electron chi connectivity index (χ0n) is 14.2. The summed E-state index contributed by atoms with van der Waals surface area (Å²) in [6.07, 6.45) is -3.78. The molecule has 0 bridgehead atoms. The number of halogens is 5. The predicted octanol–water partition coefficient (Wildman–Crippen LogP) is 5.04. The smallest absolute Gasteiger partial charge is 0.357 e. The first-order valence-corrected chi connectivity index (χ1v) is 9.63. The van der Waals surface area contributed by atoms with Gasteiger partial charge in [-0.3, -0.25) is 0 Å². The Morgan fingerprint density at radius 1 is 1.07 bits per heavy atom. The van der Waals surface area contributed by atoms with E-state index in [1.807, 2.05) is 0 Å². The molecule has 0 aliphatic rings. The summed E-state index contributed by atoms with van der Waals surface area (Å²) in [5.74, 6) is -1.40. The third-order valence-electron chi connectivity index (χ3n) is 3.97. The fourth-order valence-electron chi connectivity index (χ4n) is 2.71. The van der Waals surface area contributed by atoms with E-state index in [0.717, 1.165) is 36.6 Å². The number of aromatic nitrogens is 1. The summed E-state index contributed by atoms with van der Waals surface area (Å²) in [5, 5.41) is 3.63. The second-order valence-electron chi connectivity index (χ2n) is 5.96. The van der Waals surface area contributed by atoms with Gasteiger partial charge in [-0.15, -0.1) is 0 Å². The second kappa shape index (κ2) is 7.01. The minimum atomic E-state index is -4.61. The van der Waals surface area contributed by atoms with Crippen molar-refractivity contribution in [3.05, 3.63) is 59.6 Å². The third-order valence-corrected chi connectivity index (χ3v) is 5.10. The highest BCUT2D eigenvalue weighted by Crippen LogP contribution is 2.38. The van der Waals surface area contributed by atoms with Crippen molar-refractivity contribution < 1.29 is 34.9 Å². The Labute approximate surface area is 156 Å². The Morgan fingerprint density at radius 2 is 1.79 bits per heavy atom. The number of rotatable bonds is 4. The summed E-state index contributed by atoms with van der Waals surface area (Å²) in [5.41, 5.74) is -1.11. The van der Waals surface area contributed by atoms with E-state index in [2.05, 4.69) is 5.16 Å². The topological polar surface area (TPSA) is 60.2 Å². The maximum absolute atomic E-state index is 14.3. The molecule has 28 heavy (non-hydrogen) atoms. The molecule has 0 aliphatic heterocycles. The highest BCUT2D eigenvalue weighted by Gasteiger charge is 2.31. The SMILES string of the molecule is CS(=O)(=O)c1ccc(-c2c(-c3cccc(C(F)(F)F)c3)noc2CF)cc1F. The monoisotopic (exact) mass is 417 g/mol. The van der Waals surface area contributed by atoms with Crippen LogP contribution >= 0.6 is 0 Å². The zero-order chi connectivity index (χ0) is 20.7. The Bertz CT molecular complexity index is 1140. The first-order valence-electron chi connectivity index (χ1n) is 7.74. The molecule has 0 N–H and O–H groups in total. The first-order chi connectivity index (χ1) is 13.0. The second-order valence-corrected chi connectivity index (χ2v) is 7.94. The average molecular weight is 417 g/mol. The average Bonchev–Trinajstić information content (AvgIpc) is 3.04. The summed E-state index contributed by atoms with van der Waals surface area (Å²) in [7, 11) is -3.83. The molecular weight excluding hydrogens is 405 g/mol. The third kappa shape index (κ3) is 3.77. The van der Waals surface area contributed by atoms with E-state index >= 15 is 0 Å². The number of nitrogens with zero attached hydrogens (tertiary/aromatic N) is 1. The van der Waals surface area contributed by atoms with Crippen molar-refractivity contribution in [1.29, 1.82) is 0 Å². The molecule has 0 saturated heterocycles. The molecule has 1 aromatic heterocycles. The zero-order valence-corrected chi connectivity index (χ0v) is 15.0. The normalized spacial score (nSPS) is 12.4. The highest BCUT2D eigenvalue weighted by molar-refractivity contribution is 7.90. The molecule has 3 aromatic rings. The lowest BCUT2D eigenvalue weighted by atomic mass is 9.98. The fraction of sp³-hybridized carbons (Fsp3) is 0.167. The van der Waals surface area contributed by atoms with E-state index in [1.165, 1.54) is 12.1 Å². The molecule has 3 rings (SSSR count). The molecular formula is C18H12F5NO3S. The maximum atomic E-state index is 14.3. The number of hydrogen-bond donors (Lipinski definition) is 0. The van der Waals surface area contributed by atoms with Crippen molar-refractivity contribution in [2.24, 2.45) is 0 Å². The minimum Gasteiger partial charge on any atom is -0.357 e. The minimum absolute atomic E-state index is 0.0131. The number of benzene rings is 2. The number of sulfone groups is 1. The molecule has 148 valence electrons. The van der Waals surface area contributed by atoms with Crippen LogP contribution in [0, 0.1) is 5.82 Å². The molecule has 0 spiro atoms. The molecule has 0 radical (unpaired) electrons. The molecule has 0 aliphatic carbocycles. The Morgan fingerprint density at radius 3 is 2.36 bits per heavy atom. The summed E-state index contributed by atoms with van der Waals surface area (Å²) in [6, 6.07) is 7.19. The van der Waals surface area contributed by atoms with Crippen LogP contribution in [0.15, 0.2) is 51.9 Å². The van der Waals surface area contributed by atoms with Gasteiger partial charge in [-0.05, 0) is 29.8 Å². The largest absolute Gasteiger partial charge is 0.416 e. The molecule has 0 unspecified atom stereocenters. The molecule has 0 atom stereocenters. The molecule has 0 saturated carbocycles. The maximum Gasteiger partial charge on any atom is 0.416 e. The van der Waals surface area contributed by atoms with Gasteiger partial charge in [-0.25, -0.2) is 17.2 Å². The Hall–Kier alpha value is -2.75. The van der Waals surface area contributed by atoms with E-state index in [4.69, 9.17) is 4.52 Å². The molecule has 2 aromatic carbocycles. The van der Waals surface area contributed by atoms with Crippen LogP contribution in [0.3, 0.4) is 0 Å². The molecule has 1 heterocycles. The molecule has 10 heteroatoms. The van der Waals surface area contributed by atoms with Gasteiger partial charge in [-0.1, -0.05) is 23.4 Å². The van der Waals surface area contributed by atoms with Gasteiger partial charge >= 0.3 is 6.18 Å². The first kappa shape index (κ1) is 20.0. The number of hydrogen-bond acceptors (Lipinski definition) is 4. The Balaban J connectivity index is 2.19. The van der Waals surface area contributed by atoms with Gasteiger partial charge in [0.25, 0.3) is 0 Å². The van der Waals surface area contributed by atoms with Crippen LogP contribution in [0.2, 0.25) is 0 Å². The van der Waals surface area contributed by atoms with E-state index < -0.39 is 39.0 Å². The van der Waals surface area contributed by atoms with Crippen LogP contribution in [0.5, 0.6) is 0 Å². The van der Waals surface area contributed by atoms with E-state index in [9.17, 15) is 30.4 Å². The van der Waals surface area contributed by atoms with Crippen molar-refractivity contribution in [3.8, 4) is 22.4 Å². The van der Waals surface area contributed by atoms with Gasteiger partial charge in [0.15, 0.2) is 22.3 Å². The lowest BCUT2D eigenvalue weighted by Crippen LogP contribution is -2.04. The van der Waals surface area contributed by atoms with Crippen LogP contribution in [-0.4, -0.2) is 19.8 Å². The predicted molar refractivity (Wildman–Crippen MR) is 90.3 cm³/mol. The van der Waals surface area contributed by atoms with Gasteiger partial charge < -0.3 is 4.52 Å². The van der Waals surface area contributed by atoms with Crippen LogP contribution in [0.4, 0.5) is 22.0 Å². The standard InChI is InChI=1S/C18H12F5NO3S/c1-28(25,26)15-6-5-10(8-13(15)20)16-14(9-19)27-24-17(16)11-3-2-4-12(7-11)18(21,22)23/h2-8H,9H2,1H3. The van der Waals surface area contributed by atoms with Crippen molar-refractivity contribution >= 4 is 9.84 Å². The molecule has 0 amide bonds. The van der Waals surface area contributed by atoms with Gasteiger partial charge in [0.1, 0.15) is 16.4 Å². The van der Waals surface area contributed by atoms with E-state index in [1.54, 1.807) is 0 Å². The van der Waals surface area contributed by atoms with E-state index in [0.29, 0.717) is 0 Å². The summed E-state index contributed by atoms with van der Waals surface area (Å²) < 4.78 is 94.5. The number of alkyl halides is 4. The van der Waals surface area contributed by atoms with Crippen molar-refractivity contribution in [2.45, 2.75) is 17.7 Å². The lowest BCUT2D eigenvalue weighted by Gasteiger charge is -2.09. The Kier molecular flexibility index (Phi) is 5.00. The van der Waals surface area contributed by atoms with Gasteiger partial charge in [0.2, 0.25) is 0 Å². The van der Waals surface area contributed by atoms with Crippen LogP contribution in [-0.2, 0) is 22.7 Å². The van der Waals surface area contributed by atoms with Gasteiger partial charge in [-0.2, -0.15) is 13.2 Å². The quantitative estimate of drug-likeness (QED) is 0.558. The van der Waals surface area contributed by atoms with E-state index in [-0.39, 0.29) is 28.1 Å². The summed E-state index contributed by atoms with van der Waals surface area (Å²) >= 11 is 0. The fourth-order valence-corrected chi connectivity index (χ4v) is 3.44. The molecule has 0 fully saturated rings. The van der Waals surface area contributed by atoms with Crippen molar-refractivity contribution in [2.75, 3.05) is 6.26 Å². The lowest BCUT2D eigenvalue weighted by molar-refractivity contribution is -0.137. The van der Waals surface area contributed by atoms with Crippen LogP contribution in [0.1, 0.15) is 11.3 Å². The van der Waals surface area contributed by atoms with Crippen molar-refractivity contribution in [1.82, 2.24) is 5.16 Å². The van der Waals surface area contributed by atoms with Crippen LogP contribution in [0.25, 0.3) is 22.4 Å². The van der Waals surface area contributed by atoms with Crippen LogP contribution < -0.4 is 0 Å². The summed E-state index contributed by atoms with van der Waals surface area (Å²) in [6.45, 7) is -1.14. The van der Waals surface area contributed by atoms with Gasteiger partial charge in [0, 0.05) is 11.8 Å².